The fraction of sp³-hybridized carbons (Fsp3) is 0.520. The van der Waals surface area contributed by atoms with Crippen molar-refractivity contribution in [3.63, 3.8) is 0 Å². The van der Waals surface area contributed by atoms with Crippen molar-refractivity contribution in [3.8, 4) is 5.82 Å². The summed E-state index contributed by atoms with van der Waals surface area (Å²) >= 11 is 0. The van der Waals surface area contributed by atoms with E-state index in [-0.39, 0.29) is 17.8 Å². The molecule has 2 bridgehead atoms. The molecule has 2 unspecified atom stereocenters. The van der Waals surface area contributed by atoms with Crippen LogP contribution in [0.15, 0.2) is 24.4 Å². The Morgan fingerprint density at radius 3 is 2.52 bits per heavy atom. The van der Waals surface area contributed by atoms with Gasteiger partial charge in [-0.25, -0.2) is 14.6 Å². The molecule has 0 amide bonds. The van der Waals surface area contributed by atoms with E-state index in [1.807, 2.05) is 23.9 Å². The van der Waals surface area contributed by atoms with Gasteiger partial charge < -0.3 is 14.7 Å². The Morgan fingerprint density at radius 2 is 1.79 bits per heavy atom. The van der Waals surface area contributed by atoms with Crippen molar-refractivity contribution in [2.75, 3.05) is 31.2 Å². The molecule has 3 saturated heterocycles. The molecule has 8 nitrogen and oxygen atoms in total. The van der Waals surface area contributed by atoms with E-state index < -0.39 is 5.97 Å². The van der Waals surface area contributed by atoms with Gasteiger partial charge in [0.25, 0.3) is 0 Å². The average molecular weight is 448 g/mol. The number of piperidine rings is 2. The van der Waals surface area contributed by atoms with Gasteiger partial charge in [0.2, 0.25) is 0 Å². The summed E-state index contributed by atoms with van der Waals surface area (Å²) in [7, 11) is 0. The molecule has 172 valence electrons. The molecule has 33 heavy (non-hydrogen) atoms. The predicted octanol–water partition coefficient (Wildman–Crippen LogP) is 3.48. The number of carbonyl (C=O) groups is 1. The number of rotatable bonds is 4. The van der Waals surface area contributed by atoms with E-state index in [9.17, 15) is 9.90 Å². The highest BCUT2D eigenvalue weighted by molar-refractivity contribution is 5.82. The average Bonchev–Trinajstić information content (AvgIpc) is 3.21. The lowest BCUT2D eigenvalue weighted by atomic mass is 9.61. The number of aryl methyl sites for hydroxylation is 2. The van der Waals surface area contributed by atoms with E-state index in [0.29, 0.717) is 11.7 Å². The third-order valence-electron chi connectivity index (χ3n) is 7.79. The molecule has 2 atom stereocenters. The van der Waals surface area contributed by atoms with Crippen molar-refractivity contribution >= 4 is 22.7 Å². The number of carboxylic acid groups (broad SMARTS) is 1. The molecule has 4 fully saturated rings. The van der Waals surface area contributed by atoms with Crippen LogP contribution in [0.25, 0.3) is 16.7 Å². The zero-order valence-electron chi connectivity index (χ0n) is 19.1. The topological polar surface area (TPSA) is 93.4 Å². The molecule has 0 radical (unpaired) electrons. The molecule has 1 N–H and O–H groups in total. The Hall–Kier alpha value is -3.00. The van der Waals surface area contributed by atoms with Crippen LogP contribution in [0, 0.1) is 31.6 Å². The predicted molar refractivity (Wildman–Crippen MR) is 124 cm³/mol. The fourth-order valence-electron chi connectivity index (χ4n) is 6.12. The van der Waals surface area contributed by atoms with Crippen molar-refractivity contribution in [2.24, 2.45) is 17.8 Å². The molecule has 4 aliphatic rings. The maximum absolute atomic E-state index is 11.5. The zero-order valence-corrected chi connectivity index (χ0v) is 19.1. The van der Waals surface area contributed by atoms with E-state index in [4.69, 9.17) is 9.72 Å². The maximum Gasteiger partial charge on any atom is 0.307 e. The van der Waals surface area contributed by atoms with Crippen molar-refractivity contribution in [1.29, 1.82) is 0 Å². The quantitative estimate of drug-likeness (QED) is 0.654. The van der Waals surface area contributed by atoms with Crippen LogP contribution >= 0.6 is 0 Å². The molecule has 8 heteroatoms. The zero-order chi connectivity index (χ0) is 22.7. The molecule has 0 spiro atoms. The highest BCUT2D eigenvalue weighted by Gasteiger charge is 2.50. The lowest BCUT2D eigenvalue weighted by Crippen LogP contribution is -2.58. The van der Waals surface area contributed by atoms with Gasteiger partial charge in [0.1, 0.15) is 11.6 Å². The van der Waals surface area contributed by atoms with Crippen LogP contribution in [0.3, 0.4) is 0 Å². The third-order valence-corrected chi connectivity index (χ3v) is 7.79. The molecule has 7 rings (SSSR count). The third kappa shape index (κ3) is 3.47. The number of hydrogen-bond acceptors (Lipinski definition) is 6. The van der Waals surface area contributed by atoms with Crippen LogP contribution in [-0.4, -0.2) is 57.1 Å². The number of hydrogen-bond donors (Lipinski definition) is 1. The van der Waals surface area contributed by atoms with E-state index in [0.717, 1.165) is 68.1 Å². The molecule has 1 aromatic carbocycles. The van der Waals surface area contributed by atoms with Gasteiger partial charge in [-0.2, -0.15) is 5.10 Å². The minimum absolute atomic E-state index is 0.203. The van der Waals surface area contributed by atoms with Crippen molar-refractivity contribution < 1.29 is 14.6 Å². The van der Waals surface area contributed by atoms with Crippen LogP contribution < -0.4 is 4.90 Å². The normalized spacial score (nSPS) is 25.3. The second-order valence-electron chi connectivity index (χ2n) is 9.87. The highest BCUT2D eigenvalue weighted by Crippen LogP contribution is 2.46. The Morgan fingerprint density at radius 1 is 1.06 bits per heavy atom. The van der Waals surface area contributed by atoms with E-state index >= 15 is 0 Å². The van der Waals surface area contributed by atoms with E-state index in [2.05, 4.69) is 34.0 Å². The molecule has 3 aliphatic heterocycles. The number of nitrogens with zero attached hydrogens (tertiary/aromatic N) is 5. The van der Waals surface area contributed by atoms with Crippen LogP contribution in [0.2, 0.25) is 0 Å². The number of aromatic nitrogens is 4. The standard InChI is InChI=1S/C25H29N5O3/c1-14-7-17-11-26-30(21(17)9-20(14)16-3-5-33-6-4-16)23-10-22(27-15(2)28-23)29-12-18-8-19(13-29)24(18)25(31)32/h7,9-11,16,18-19,24H,3-6,8,12-13H2,1-2H3,(H,31,32). The maximum atomic E-state index is 11.5. The van der Waals surface area contributed by atoms with E-state index in [1.54, 1.807) is 0 Å². The first kappa shape index (κ1) is 20.6. The first-order valence-corrected chi connectivity index (χ1v) is 11.9. The molecule has 3 aromatic rings. The van der Waals surface area contributed by atoms with Gasteiger partial charge in [-0.15, -0.1) is 0 Å². The Bertz CT molecular complexity index is 1220. The number of aliphatic carboxylic acids is 1. The van der Waals surface area contributed by atoms with Gasteiger partial charge in [0.15, 0.2) is 5.82 Å². The van der Waals surface area contributed by atoms with Gasteiger partial charge in [0, 0.05) is 37.8 Å². The second-order valence-corrected chi connectivity index (χ2v) is 9.87. The molecular formula is C25H29N5O3. The summed E-state index contributed by atoms with van der Waals surface area (Å²) in [6, 6.07) is 6.50. The smallest absolute Gasteiger partial charge is 0.307 e. The first-order chi connectivity index (χ1) is 16.0. The summed E-state index contributed by atoms with van der Waals surface area (Å²) in [5, 5.41) is 15.3. The van der Waals surface area contributed by atoms with Gasteiger partial charge in [0.05, 0.1) is 17.6 Å². The van der Waals surface area contributed by atoms with Gasteiger partial charge in [-0.05, 0) is 74.1 Å². The van der Waals surface area contributed by atoms with Crippen molar-refractivity contribution in [3.05, 3.63) is 41.3 Å². The number of benzene rings is 1. The summed E-state index contributed by atoms with van der Waals surface area (Å²) in [6.45, 7) is 7.18. The minimum Gasteiger partial charge on any atom is -0.481 e. The highest BCUT2D eigenvalue weighted by atomic mass is 16.5. The van der Waals surface area contributed by atoms with Crippen LogP contribution in [0.5, 0.6) is 0 Å². The number of anilines is 1. The summed E-state index contributed by atoms with van der Waals surface area (Å²) in [6.07, 6.45) is 5.00. The molecular weight excluding hydrogens is 418 g/mol. The fourth-order valence-corrected chi connectivity index (χ4v) is 6.12. The van der Waals surface area contributed by atoms with Crippen LogP contribution in [-0.2, 0) is 9.53 Å². The van der Waals surface area contributed by atoms with Gasteiger partial charge in [-0.3, -0.25) is 4.79 Å². The molecule has 5 heterocycles. The molecule has 1 aliphatic carbocycles. The largest absolute Gasteiger partial charge is 0.481 e. The van der Waals surface area contributed by atoms with E-state index in [1.165, 1.54) is 11.1 Å². The Kier molecular flexibility index (Phi) is 4.87. The summed E-state index contributed by atoms with van der Waals surface area (Å²) < 4.78 is 7.49. The second kappa shape index (κ2) is 7.80. The number of ether oxygens (including phenoxy) is 1. The lowest BCUT2D eigenvalue weighted by Gasteiger charge is -2.52. The molecule has 1 saturated carbocycles. The minimum atomic E-state index is -0.658. The van der Waals surface area contributed by atoms with Crippen LogP contribution in [0.1, 0.15) is 42.1 Å². The Balaban J connectivity index is 1.35. The van der Waals surface area contributed by atoms with Crippen molar-refractivity contribution in [2.45, 2.75) is 39.0 Å². The number of carboxylic acids is 1. The number of fused-ring (bicyclic) bond motifs is 3. The summed E-state index contributed by atoms with van der Waals surface area (Å²) in [5.41, 5.74) is 3.72. The first-order valence-electron chi connectivity index (χ1n) is 11.9. The Labute approximate surface area is 192 Å². The SMILES string of the molecule is Cc1nc(N2CC3CC(C2)C3C(=O)O)cc(-n2ncc3cc(C)c(C4CCOCC4)cc32)n1. The lowest BCUT2D eigenvalue weighted by molar-refractivity contribution is -0.153. The van der Waals surface area contributed by atoms with Gasteiger partial charge >= 0.3 is 5.97 Å². The monoisotopic (exact) mass is 447 g/mol. The summed E-state index contributed by atoms with van der Waals surface area (Å²) in [4.78, 5) is 23.1. The summed E-state index contributed by atoms with van der Waals surface area (Å²) in [5.74, 6) is 2.36. The molecule has 2 aromatic heterocycles. The van der Waals surface area contributed by atoms with Crippen molar-refractivity contribution in [1.82, 2.24) is 19.7 Å². The van der Waals surface area contributed by atoms with Crippen LogP contribution in [0.4, 0.5) is 5.82 Å². The van der Waals surface area contributed by atoms with Gasteiger partial charge in [-0.1, -0.05) is 0 Å².